The molecule has 1 fully saturated rings. The number of fused-ring (bicyclic) bond motifs is 1. The van der Waals surface area contributed by atoms with Gasteiger partial charge in [-0.3, -0.25) is 9.78 Å². The summed E-state index contributed by atoms with van der Waals surface area (Å²) in [6.45, 7) is 2.27. The third kappa shape index (κ3) is 4.12. The van der Waals surface area contributed by atoms with Crippen LogP contribution in [-0.4, -0.2) is 32.5 Å². The molecule has 0 unspecified atom stereocenters. The molecule has 0 radical (unpaired) electrons. The van der Waals surface area contributed by atoms with Gasteiger partial charge in [-0.05, 0) is 54.8 Å². The third-order valence-corrected chi connectivity index (χ3v) is 7.71. The topological polar surface area (TPSA) is 94.6 Å². The van der Waals surface area contributed by atoms with Crippen molar-refractivity contribution in [3.8, 4) is 22.8 Å². The largest absolute Gasteiger partial charge is 0.454 e. The van der Waals surface area contributed by atoms with E-state index in [2.05, 4.69) is 9.71 Å². The Morgan fingerprint density at radius 2 is 1.82 bits per heavy atom. The van der Waals surface area contributed by atoms with Crippen molar-refractivity contribution in [2.24, 2.45) is 0 Å². The molecule has 1 aromatic heterocycles. The van der Waals surface area contributed by atoms with Gasteiger partial charge in [-0.2, -0.15) is 0 Å². The first-order valence-electron chi connectivity index (χ1n) is 10.9. The first-order valence-corrected chi connectivity index (χ1v) is 12.4. The Kier molecular flexibility index (Phi) is 5.42. The fourth-order valence-electron chi connectivity index (χ4n) is 4.20. The molecule has 0 amide bonds. The van der Waals surface area contributed by atoms with Gasteiger partial charge in [0.2, 0.25) is 16.8 Å². The highest BCUT2D eigenvalue weighted by Crippen LogP contribution is 2.51. The monoisotopic (exact) mass is 466 g/mol. The molecule has 0 saturated heterocycles. The number of hydrogen-bond acceptors (Lipinski definition) is 6. The number of sulfonamides is 1. The zero-order chi connectivity index (χ0) is 23.1. The van der Waals surface area contributed by atoms with Crippen LogP contribution in [0.25, 0.3) is 11.3 Å². The summed E-state index contributed by atoms with van der Waals surface area (Å²) in [6.07, 6.45) is 1.86. The van der Waals surface area contributed by atoms with Crippen LogP contribution in [0.4, 0.5) is 0 Å². The molecule has 2 aromatic carbocycles. The van der Waals surface area contributed by atoms with E-state index in [1.54, 1.807) is 31.2 Å². The molecule has 1 saturated carbocycles. The van der Waals surface area contributed by atoms with E-state index in [0.29, 0.717) is 29.4 Å². The number of hydrogen-bond donors (Lipinski definition) is 1. The number of benzene rings is 2. The average Bonchev–Trinajstić information content (AvgIpc) is 3.50. The number of nitrogens with zero attached hydrogens (tertiary/aromatic N) is 1. The van der Waals surface area contributed by atoms with Crippen LogP contribution in [0.15, 0.2) is 65.6 Å². The summed E-state index contributed by atoms with van der Waals surface area (Å²) in [4.78, 5) is 18.2. The van der Waals surface area contributed by atoms with Crippen molar-refractivity contribution >= 4 is 15.8 Å². The van der Waals surface area contributed by atoms with Gasteiger partial charge in [-0.25, -0.2) is 13.1 Å². The summed E-state index contributed by atoms with van der Waals surface area (Å²) >= 11 is 0. The summed E-state index contributed by atoms with van der Waals surface area (Å²) < 4.78 is 37.7. The second-order valence-electron chi connectivity index (χ2n) is 8.29. The molecule has 1 aliphatic carbocycles. The molecule has 2 aliphatic rings. The van der Waals surface area contributed by atoms with Crippen molar-refractivity contribution in [2.45, 2.75) is 36.5 Å². The van der Waals surface area contributed by atoms with Gasteiger partial charge in [-0.1, -0.05) is 31.2 Å². The standard InChI is InChI=1S/C25H24N2O5S.H2/c1-2-26-33(29,30)20-9-6-17(7-10-20)21-5-3-4-19(27-21)15-24(28)25(12-13-25)18-8-11-22-23(14-18)32-16-31-22;/h3-11,14,26H,2,12-13,15-16H2,1H3;1H. The lowest BCUT2D eigenvalue weighted by Crippen LogP contribution is -2.23. The Morgan fingerprint density at radius 1 is 1.06 bits per heavy atom. The molecule has 172 valence electrons. The molecule has 1 aliphatic heterocycles. The summed E-state index contributed by atoms with van der Waals surface area (Å²) in [5, 5.41) is 0. The minimum absolute atomic E-state index is 0. The van der Waals surface area contributed by atoms with E-state index in [1.807, 2.05) is 36.4 Å². The van der Waals surface area contributed by atoms with Gasteiger partial charge >= 0.3 is 0 Å². The van der Waals surface area contributed by atoms with Gasteiger partial charge < -0.3 is 9.47 Å². The maximum absolute atomic E-state index is 13.3. The maximum Gasteiger partial charge on any atom is 0.240 e. The molecule has 2 heterocycles. The van der Waals surface area contributed by atoms with Crippen LogP contribution in [-0.2, 0) is 26.7 Å². The zero-order valence-electron chi connectivity index (χ0n) is 18.2. The summed E-state index contributed by atoms with van der Waals surface area (Å²) in [5.41, 5.74) is 2.65. The first kappa shape index (κ1) is 21.6. The van der Waals surface area contributed by atoms with E-state index in [0.717, 1.165) is 24.0 Å². The molecule has 1 N–H and O–H groups in total. The fourth-order valence-corrected chi connectivity index (χ4v) is 5.24. The minimum Gasteiger partial charge on any atom is -0.454 e. The number of nitrogens with one attached hydrogen (secondary N) is 1. The van der Waals surface area contributed by atoms with Crippen molar-refractivity contribution in [3.05, 3.63) is 71.9 Å². The predicted octanol–water partition coefficient (Wildman–Crippen LogP) is 3.86. The van der Waals surface area contributed by atoms with Gasteiger partial charge in [-0.15, -0.1) is 0 Å². The highest BCUT2D eigenvalue weighted by atomic mass is 32.2. The van der Waals surface area contributed by atoms with Crippen LogP contribution in [0.1, 0.15) is 32.4 Å². The second-order valence-corrected chi connectivity index (χ2v) is 10.1. The minimum atomic E-state index is -3.50. The molecule has 0 spiro atoms. The average molecular weight is 467 g/mol. The Labute approximate surface area is 194 Å². The lowest BCUT2D eigenvalue weighted by molar-refractivity contribution is -0.120. The number of rotatable bonds is 8. The Bertz CT molecular complexity index is 1320. The quantitative estimate of drug-likeness (QED) is 0.542. The van der Waals surface area contributed by atoms with Crippen molar-refractivity contribution in [1.29, 1.82) is 0 Å². The lowest BCUT2D eigenvalue weighted by Gasteiger charge is -2.15. The molecule has 0 bridgehead atoms. The molecule has 33 heavy (non-hydrogen) atoms. The van der Waals surface area contributed by atoms with Crippen molar-refractivity contribution in [2.75, 3.05) is 13.3 Å². The van der Waals surface area contributed by atoms with Crippen LogP contribution < -0.4 is 14.2 Å². The molecular weight excluding hydrogens is 440 g/mol. The molecule has 5 rings (SSSR count). The van der Waals surface area contributed by atoms with Crippen LogP contribution in [0.3, 0.4) is 0 Å². The third-order valence-electron chi connectivity index (χ3n) is 6.15. The van der Waals surface area contributed by atoms with Gasteiger partial charge in [0, 0.05) is 25.6 Å². The Hall–Kier alpha value is -3.23. The molecule has 8 heteroatoms. The van der Waals surface area contributed by atoms with Gasteiger partial charge in [0.05, 0.1) is 16.0 Å². The van der Waals surface area contributed by atoms with Crippen molar-refractivity contribution in [1.82, 2.24) is 9.71 Å². The van der Waals surface area contributed by atoms with E-state index in [1.165, 1.54) is 0 Å². The van der Waals surface area contributed by atoms with Crippen LogP contribution in [0.2, 0.25) is 0 Å². The van der Waals surface area contributed by atoms with E-state index < -0.39 is 15.4 Å². The van der Waals surface area contributed by atoms with E-state index in [-0.39, 0.29) is 25.3 Å². The maximum atomic E-state index is 13.3. The van der Waals surface area contributed by atoms with Crippen molar-refractivity contribution < 1.29 is 24.1 Å². The lowest BCUT2D eigenvalue weighted by atomic mass is 9.88. The SMILES string of the molecule is CCNS(=O)(=O)c1ccc(-c2cccc(CC(=O)C3(c4ccc5c(c4)OCO5)CC3)n2)cc1.[HH]. The number of ketones is 1. The smallest absolute Gasteiger partial charge is 0.240 e. The number of aromatic nitrogens is 1. The van der Waals surface area contributed by atoms with E-state index in [9.17, 15) is 13.2 Å². The molecule has 0 atom stereocenters. The Balaban J connectivity index is 0.00000274. The normalized spacial score (nSPS) is 15.9. The van der Waals surface area contributed by atoms with Crippen LogP contribution in [0, 0.1) is 0 Å². The summed E-state index contributed by atoms with van der Waals surface area (Å²) in [7, 11) is -3.50. The van der Waals surface area contributed by atoms with E-state index >= 15 is 0 Å². The predicted molar refractivity (Wildman–Crippen MR) is 125 cm³/mol. The Morgan fingerprint density at radius 3 is 2.55 bits per heavy atom. The summed E-state index contributed by atoms with van der Waals surface area (Å²) in [5.74, 6) is 1.53. The van der Waals surface area contributed by atoms with Gasteiger partial charge in [0.1, 0.15) is 5.78 Å². The number of ether oxygens (including phenoxy) is 2. The first-order chi connectivity index (χ1) is 15.9. The van der Waals surface area contributed by atoms with Gasteiger partial charge in [0.25, 0.3) is 0 Å². The number of carbonyl (C=O) groups is 1. The highest BCUT2D eigenvalue weighted by Gasteiger charge is 2.51. The number of carbonyl (C=O) groups excluding carboxylic acids is 1. The number of Topliss-reactive ketones (excluding diaryl/α,β-unsaturated/α-hetero) is 1. The zero-order valence-corrected chi connectivity index (χ0v) is 19.0. The molecular formula is C25H26N2O5S. The fraction of sp³-hybridized carbons (Fsp3) is 0.280. The summed E-state index contributed by atoms with van der Waals surface area (Å²) in [6, 6.07) is 17.9. The molecule has 3 aromatic rings. The highest BCUT2D eigenvalue weighted by molar-refractivity contribution is 7.89. The molecule has 7 nitrogen and oxygen atoms in total. The van der Waals surface area contributed by atoms with Crippen LogP contribution >= 0.6 is 0 Å². The number of pyridine rings is 1. The van der Waals surface area contributed by atoms with E-state index in [4.69, 9.17) is 9.47 Å². The van der Waals surface area contributed by atoms with Gasteiger partial charge in [0.15, 0.2) is 11.5 Å². The second kappa shape index (κ2) is 8.28. The van der Waals surface area contributed by atoms with Crippen LogP contribution in [0.5, 0.6) is 11.5 Å². The van der Waals surface area contributed by atoms with Crippen molar-refractivity contribution in [3.63, 3.8) is 0 Å².